The molecule has 0 spiro atoms. The van der Waals surface area contributed by atoms with Crippen molar-refractivity contribution in [2.75, 3.05) is 12.3 Å². The minimum Gasteiger partial charge on any atom is -0.396 e. The highest BCUT2D eigenvalue weighted by Gasteiger charge is 2.44. The summed E-state index contributed by atoms with van der Waals surface area (Å²) in [6, 6.07) is 0. The molecule has 0 unspecified atom stereocenters. The summed E-state index contributed by atoms with van der Waals surface area (Å²) in [5.74, 6) is -0.406. The van der Waals surface area contributed by atoms with Gasteiger partial charge in [-0.3, -0.25) is 4.57 Å². The van der Waals surface area contributed by atoms with Crippen molar-refractivity contribution >= 4 is 34.9 Å². The van der Waals surface area contributed by atoms with Gasteiger partial charge in [-0.25, -0.2) is 9.37 Å². The summed E-state index contributed by atoms with van der Waals surface area (Å²) in [5.41, 5.74) is 6.82. The van der Waals surface area contributed by atoms with E-state index in [0.717, 1.165) is 0 Å². The Labute approximate surface area is 106 Å². The van der Waals surface area contributed by atoms with Crippen LogP contribution in [0.5, 0.6) is 0 Å². The van der Waals surface area contributed by atoms with Crippen molar-refractivity contribution in [1.29, 1.82) is 0 Å². The molecular formula is C10H9ClFN5O. The van der Waals surface area contributed by atoms with Crippen molar-refractivity contribution in [3.8, 4) is 0 Å². The first kappa shape index (κ1) is 11.4. The number of rotatable bonds is 2. The Kier molecular flexibility index (Phi) is 2.46. The number of imidazole rings is 1. The van der Waals surface area contributed by atoms with Crippen LogP contribution in [0.2, 0.25) is 5.15 Å². The monoisotopic (exact) mass is 269 g/mol. The summed E-state index contributed by atoms with van der Waals surface area (Å²) >= 11 is 5.87. The average molecular weight is 270 g/mol. The van der Waals surface area contributed by atoms with Crippen LogP contribution < -0.4 is 5.73 Å². The van der Waals surface area contributed by atoms with Crippen LogP contribution in [0.25, 0.3) is 17.4 Å². The van der Waals surface area contributed by atoms with Gasteiger partial charge in [0.15, 0.2) is 10.8 Å². The Morgan fingerprint density at radius 1 is 1.56 bits per heavy atom. The third-order valence-electron chi connectivity index (χ3n) is 2.87. The molecule has 2 aromatic heterocycles. The maximum atomic E-state index is 13.2. The van der Waals surface area contributed by atoms with Gasteiger partial charge in [0.25, 0.3) is 0 Å². The molecule has 3 N–H and O–H groups in total. The summed E-state index contributed by atoms with van der Waals surface area (Å²) in [5, 5.41) is 9.06. The normalized spacial score (nSPS) is 24.9. The average Bonchev–Trinajstić information content (AvgIpc) is 2.75. The van der Waals surface area contributed by atoms with E-state index in [9.17, 15) is 4.39 Å². The van der Waals surface area contributed by atoms with Gasteiger partial charge in [0.05, 0.1) is 6.61 Å². The number of nitrogen functional groups attached to an aromatic ring is 1. The van der Waals surface area contributed by atoms with Crippen molar-refractivity contribution < 1.29 is 9.50 Å². The molecule has 18 heavy (non-hydrogen) atoms. The lowest BCUT2D eigenvalue weighted by atomic mass is 10.4. The number of nitrogens with zero attached hydrogens (tertiary/aromatic N) is 4. The van der Waals surface area contributed by atoms with Gasteiger partial charge in [-0.05, 0) is 5.57 Å². The van der Waals surface area contributed by atoms with Crippen LogP contribution in [0, 0.1) is 5.92 Å². The first-order valence-electron chi connectivity index (χ1n) is 5.24. The number of hydrogen-bond acceptors (Lipinski definition) is 5. The first-order valence-corrected chi connectivity index (χ1v) is 5.61. The molecule has 0 radical (unpaired) electrons. The van der Waals surface area contributed by atoms with Gasteiger partial charge >= 0.3 is 0 Å². The van der Waals surface area contributed by atoms with Gasteiger partial charge in [-0.2, -0.15) is 9.97 Å². The second kappa shape index (κ2) is 3.89. The van der Waals surface area contributed by atoms with Gasteiger partial charge in [-0.15, -0.1) is 0 Å². The minimum absolute atomic E-state index is 0.0268. The Bertz CT molecular complexity index is 655. The van der Waals surface area contributed by atoms with Crippen LogP contribution in [0.15, 0.2) is 11.9 Å². The molecule has 0 aromatic carbocycles. The predicted molar refractivity (Wildman–Crippen MR) is 64.5 cm³/mol. The Balaban J connectivity index is 2.09. The third kappa shape index (κ3) is 1.63. The number of alkyl halides is 1. The Hall–Kier alpha value is -1.73. The lowest BCUT2D eigenvalue weighted by molar-refractivity contribution is 0.259. The number of anilines is 1. The molecule has 2 heterocycles. The maximum Gasteiger partial charge on any atom is 0.223 e. The van der Waals surface area contributed by atoms with E-state index >= 15 is 0 Å². The number of fused-ring (bicyclic) bond motifs is 1. The number of halogens is 2. The zero-order valence-corrected chi connectivity index (χ0v) is 9.84. The molecule has 0 bridgehead atoms. The molecular weight excluding hydrogens is 261 g/mol. The fourth-order valence-corrected chi connectivity index (χ4v) is 2.04. The van der Waals surface area contributed by atoms with Gasteiger partial charge in [0.2, 0.25) is 5.95 Å². The van der Waals surface area contributed by atoms with Crippen LogP contribution >= 0.6 is 11.6 Å². The van der Waals surface area contributed by atoms with Crippen LogP contribution in [0.3, 0.4) is 0 Å². The first-order chi connectivity index (χ1) is 8.61. The summed E-state index contributed by atoms with van der Waals surface area (Å²) in [6.45, 7) is -0.211. The van der Waals surface area contributed by atoms with Crippen molar-refractivity contribution in [1.82, 2.24) is 19.5 Å². The SMILES string of the molecule is Nc1nc(Cl)c2ncn(/C=C3/[C@@H](F)[C@@H]3CO)c2n1. The number of aromatic nitrogens is 4. The number of aliphatic hydroxyl groups excluding tert-OH is 1. The van der Waals surface area contributed by atoms with Crippen molar-refractivity contribution in [2.45, 2.75) is 6.17 Å². The summed E-state index contributed by atoms with van der Waals surface area (Å²) < 4.78 is 14.8. The highest BCUT2D eigenvalue weighted by Crippen LogP contribution is 2.41. The van der Waals surface area contributed by atoms with Crippen molar-refractivity contribution in [3.63, 3.8) is 0 Å². The highest BCUT2D eigenvalue weighted by atomic mass is 35.5. The predicted octanol–water partition coefficient (Wildman–Crippen LogP) is 0.863. The molecule has 3 rings (SSSR count). The molecule has 0 saturated heterocycles. The molecule has 1 aliphatic rings. The molecule has 94 valence electrons. The molecule has 1 aliphatic carbocycles. The van der Waals surface area contributed by atoms with E-state index in [-0.39, 0.29) is 17.7 Å². The van der Waals surface area contributed by atoms with Crippen LogP contribution in [0.1, 0.15) is 0 Å². The zero-order chi connectivity index (χ0) is 12.9. The van der Waals surface area contributed by atoms with E-state index < -0.39 is 12.1 Å². The number of aliphatic hydroxyl groups is 1. The van der Waals surface area contributed by atoms with E-state index in [1.54, 1.807) is 6.20 Å². The fourth-order valence-electron chi connectivity index (χ4n) is 1.82. The van der Waals surface area contributed by atoms with E-state index in [1.165, 1.54) is 10.9 Å². The summed E-state index contributed by atoms with van der Waals surface area (Å²) in [4.78, 5) is 11.8. The topological polar surface area (TPSA) is 89.8 Å². The molecule has 6 nitrogen and oxygen atoms in total. The summed E-state index contributed by atoms with van der Waals surface area (Å²) in [6.07, 6.45) is 1.89. The molecule has 1 fully saturated rings. The molecule has 0 amide bonds. The smallest absolute Gasteiger partial charge is 0.223 e. The van der Waals surface area contributed by atoms with E-state index in [0.29, 0.717) is 16.7 Å². The van der Waals surface area contributed by atoms with Gasteiger partial charge in [-0.1, -0.05) is 11.6 Å². The van der Waals surface area contributed by atoms with E-state index in [4.69, 9.17) is 22.4 Å². The highest BCUT2D eigenvalue weighted by molar-refractivity contribution is 6.33. The largest absolute Gasteiger partial charge is 0.396 e. The Morgan fingerprint density at radius 2 is 2.33 bits per heavy atom. The van der Waals surface area contributed by atoms with E-state index in [2.05, 4.69) is 15.0 Å². The lowest BCUT2D eigenvalue weighted by Gasteiger charge is -1.97. The van der Waals surface area contributed by atoms with Crippen LogP contribution in [0.4, 0.5) is 10.3 Å². The van der Waals surface area contributed by atoms with Crippen molar-refractivity contribution in [2.24, 2.45) is 5.92 Å². The fraction of sp³-hybridized carbons (Fsp3) is 0.300. The van der Waals surface area contributed by atoms with Gasteiger partial charge < -0.3 is 10.8 Å². The molecule has 0 aliphatic heterocycles. The molecule has 2 atom stereocenters. The Morgan fingerprint density at radius 3 is 3.00 bits per heavy atom. The second-order valence-electron chi connectivity index (χ2n) is 4.02. The maximum absolute atomic E-state index is 13.2. The number of nitrogens with two attached hydrogens (primary N) is 1. The molecule has 2 aromatic rings. The minimum atomic E-state index is -1.11. The van der Waals surface area contributed by atoms with Crippen LogP contribution in [-0.4, -0.2) is 37.4 Å². The molecule has 8 heteroatoms. The summed E-state index contributed by atoms with van der Waals surface area (Å²) in [7, 11) is 0. The zero-order valence-electron chi connectivity index (χ0n) is 9.09. The van der Waals surface area contributed by atoms with Gasteiger partial charge in [0, 0.05) is 12.1 Å². The molecule has 1 saturated carbocycles. The standard InChI is InChI=1S/C10H9ClFN5O/c11-8-7-9(16-10(13)15-8)17(3-14-7)1-4-5(2-18)6(4)12/h1,3,5-6,18H,2H2,(H2,13,15,16)/b4-1+/t5-,6-/m1/s1. The second-order valence-corrected chi connectivity index (χ2v) is 4.37. The van der Waals surface area contributed by atoms with Crippen LogP contribution in [-0.2, 0) is 0 Å². The van der Waals surface area contributed by atoms with Gasteiger partial charge in [0.1, 0.15) is 18.0 Å². The lowest BCUT2D eigenvalue weighted by Crippen LogP contribution is -1.97. The quantitative estimate of drug-likeness (QED) is 0.790. The number of hydrogen-bond donors (Lipinski definition) is 2. The van der Waals surface area contributed by atoms with Crippen molar-refractivity contribution in [3.05, 3.63) is 17.1 Å². The third-order valence-corrected chi connectivity index (χ3v) is 3.14. The van der Waals surface area contributed by atoms with E-state index in [1.807, 2.05) is 0 Å².